The molecular formula is C25H32N2O. The minimum absolute atomic E-state index is 0.0292. The highest BCUT2D eigenvalue weighted by Gasteiger charge is 2.15. The standard InChI is InChI=1S/C25H32N2O/c1-7-27(18-21-11-9-8-10-12-21)24(28)20(3)26-17-19(2)22-13-15-23(16-14-22)25(4,5)6/h8-17H,7,18H2,1-6H3/b19-17+,26-20?. The van der Waals surface area contributed by atoms with Gasteiger partial charge in [-0.25, -0.2) is 0 Å². The second-order valence-electron chi connectivity index (χ2n) is 8.16. The van der Waals surface area contributed by atoms with Crippen LogP contribution in [0.15, 0.2) is 65.8 Å². The number of rotatable bonds is 6. The molecule has 0 aliphatic rings. The summed E-state index contributed by atoms with van der Waals surface area (Å²) < 4.78 is 0. The summed E-state index contributed by atoms with van der Waals surface area (Å²) in [6.07, 6.45) is 1.79. The van der Waals surface area contributed by atoms with E-state index in [9.17, 15) is 4.79 Å². The van der Waals surface area contributed by atoms with Gasteiger partial charge in [-0.15, -0.1) is 0 Å². The summed E-state index contributed by atoms with van der Waals surface area (Å²) in [4.78, 5) is 19.0. The summed E-state index contributed by atoms with van der Waals surface area (Å²) in [5.74, 6) is -0.0292. The number of nitrogens with zero attached hydrogens (tertiary/aromatic N) is 2. The predicted molar refractivity (Wildman–Crippen MR) is 119 cm³/mol. The molecule has 0 atom stereocenters. The zero-order valence-corrected chi connectivity index (χ0v) is 18.0. The molecule has 2 aromatic rings. The molecule has 0 fully saturated rings. The number of aliphatic imine (C=N–C) groups is 1. The van der Waals surface area contributed by atoms with Crippen LogP contribution in [-0.2, 0) is 16.8 Å². The number of carbonyl (C=O) groups excluding carboxylic acids is 1. The Morgan fingerprint density at radius 2 is 1.61 bits per heavy atom. The molecule has 3 nitrogen and oxygen atoms in total. The van der Waals surface area contributed by atoms with Gasteiger partial charge >= 0.3 is 0 Å². The predicted octanol–water partition coefficient (Wildman–Crippen LogP) is 5.85. The van der Waals surface area contributed by atoms with E-state index < -0.39 is 0 Å². The Bertz CT molecular complexity index is 840. The van der Waals surface area contributed by atoms with Crippen LogP contribution in [0.4, 0.5) is 0 Å². The molecule has 0 aliphatic heterocycles. The molecular weight excluding hydrogens is 344 g/mol. The lowest BCUT2D eigenvalue weighted by Gasteiger charge is -2.20. The van der Waals surface area contributed by atoms with E-state index >= 15 is 0 Å². The molecule has 0 bridgehead atoms. The van der Waals surface area contributed by atoms with Gasteiger partial charge in [0.05, 0.1) is 0 Å². The molecule has 0 unspecified atom stereocenters. The van der Waals surface area contributed by atoms with E-state index in [1.165, 1.54) is 5.56 Å². The summed E-state index contributed by atoms with van der Waals surface area (Å²) >= 11 is 0. The van der Waals surface area contributed by atoms with Gasteiger partial charge < -0.3 is 4.90 Å². The molecule has 2 aromatic carbocycles. The van der Waals surface area contributed by atoms with E-state index in [0.717, 1.165) is 16.7 Å². The molecule has 0 heterocycles. The van der Waals surface area contributed by atoms with Crippen LogP contribution in [0, 0.1) is 0 Å². The molecule has 3 heteroatoms. The maximum atomic E-state index is 12.7. The Morgan fingerprint density at radius 1 is 1.00 bits per heavy atom. The Morgan fingerprint density at radius 3 is 2.14 bits per heavy atom. The lowest BCUT2D eigenvalue weighted by Crippen LogP contribution is -2.34. The van der Waals surface area contributed by atoms with Gasteiger partial charge in [-0.1, -0.05) is 75.4 Å². The molecule has 0 N–H and O–H groups in total. The third-order valence-corrected chi connectivity index (χ3v) is 4.85. The van der Waals surface area contributed by atoms with Gasteiger partial charge in [0, 0.05) is 19.3 Å². The van der Waals surface area contributed by atoms with Crippen molar-refractivity contribution < 1.29 is 4.79 Å². The van der Waals surface area contributed by atoms with Crippen molar-refractivity contribution in [2.75, 3.05) is 6.54 Å². The lowest BCUT2D eigenvalue weighted by molar-refractivity contribution is -0.124. The molecule has 28 heavy (non-hydrogen) atoms. The van der Waals surface area contributed by atoms with Crippen LogP contribution in [0.3, 0.4) is 0 Å². The number of benzene rings is 2. The van der Waals surface area contributed by atoms with E-state index in [0.29, 0.717) is 18.8 Å². The van der Waals surface area contributed by atoms with Gasteiger partial charge in [-0.05, 0) is 48.4 Å². The molecule has 2 rings (SSSR count). The SMILES string of the molecule is CCN(Cc1ccccc1)C(=O)C(C)=N/C=C(\C)c1ccc(C(C)(C)C)cc1. The topological polar surface area (TPSA) is 32.7 Å². The summed E-state index contributed by atoms with van der Waals surface area (Å²) in [7, 11) is 0. The summed E-state index contributed by atoms with van der Waals surface area (Å²) in [6, 6.07) is 18.6. The second kappa shape index (κ2) is 9.50. The summed E-state index contributed by atoms with van der Waals surface area (Å²) in [5, 5.41) is 0. The monoisotopic (exact) mass is 376 g/mol. The number of carbonyl (C=O) groups is 1. The smallest absolute Gasteiger partial charge is 0.268 e. The largest absolute Gasteiger partial charge is 0.334 e. The first kappa shape index (κ1) is 21.6. The fourth-order valence-electron chi connectivity index (χ4n) is 2.92. The van der Waals surface area contributed by atoms with Crippen molar-refractivity contribution in [3.05, 3.63) is 77.5 Å². The van der Waals surface area contributed by atoms with Gasteiger partial charge in [0.2, 0.25) is 0 Å². The molecule has 1 amide bonds. The fourth-order valence-corrected chi connectivity index (χ4v) is 2.92. The van der Waals surface area contributed by atoms with Crippen LogP contribution in [0.2, 0.25) is 0 Å². The molecule has 0 spiro atoms. The highest BCUT2D eigenvalue weighted by molar-refractivity contribution is 6.38. The van der Waals surface area contributed by atoms with Crippen LogP contribution < -0.4 is 0 Å². The van der Waals surface area contributed by atoms with Gasteiger partial charge in [-0.2, -0.15) is 0 Å². The Labute approximate surface area is 169 Å². The number of allylic oxidation sites excluding steroid dienone is 1. The van der Waals surface area contributed by atoms with Gasteiger partial charge in [-0.3, -0.25) is 9.79 Å². The van der Waals surface area contributed by atoms with Gasteiger partial charge in [0.1, 0.15) is 5.71 Å². The zero-order chi connectivity index (χ0) is 20.7. The number of amides is 1. The second-order valence-corrected chi connectivity index (χ2v) is 8.16. The maximum absolute atomic E-state index is 12.7. The van der Waals surface area contributed by atoms with E-state index in [1.807, 2.05) is 49.1 Å². The highest BCUT2D eigenvalue weighted by Crippen LogP contribution is 2.24. The van der Waals surface area contributed by atoms with Crippen LogP contribution in [0.25, 0.3) is 5.57 Å². The first-order valence-electron chi connectivity index (χ1n) is 9.87. The average Bonchev–Trinajstić information content (AvgIpc) is 2.69. The molecule has 0 radical (unpaired) electrons. The normalized spacial score (nSPS) is 12.8. The van der Waals surface area contributed by atoms with Crippen molar-refractivity contribution >= 4 is 17.2 Å². The Balaban J connectivity index is 2.11. The molecule has 0 saturated heterocycles. The first-order valence-corrected chi connectivity index (χ1v) is 9.87. The maximum Gasteiger partial charge on any atom is 0.268 e. The van der Waals surface area contributed by atoms with Crippen molar-refractivity contribution in [1.82, 2.24) is 4.90 Å². The first-order chi connectivity index (χ1) is 13.2. The number of hydrogen-bond acceptors (Lipinski definition) is 2. The molecule has 0 aliphatic carbocycles. The lowest BCUT2D eigenvalue weighted by atomic mass is 9.86. The molecule has 148 valence electrons. The van der Waals surface area contributed by atoms with Crippen molar-refractivity contribution in [1.29, 1.82) is 0 Å². The van der Waals surface area contributed by atoms with Gasteiger partial charge in [0.25, 0.3) is 5.91 Å². The Hall–Kier alpha value is -2.68. The quantitative estimate of drug-likeness (QED) is 0.582. The summed E-state index contributed by atoms with van der Waals surface area (Å²) in [5.41, 5.74) is 5.23. The fraction of sp³-hybridized carbons (Fsp3) is 0.360. The van der Waals surface area contributed by atoms with Crippen LogP contribution in [-0.4, -0.2) is 23.1 Å². The van der Waals surface area contributed by atoms with Crippen molar-refractivity contribution in [2.24, 2.45) is 4.99 Å². The van der Waals surface area contributed by atoms with Crippen LogP contribution in [0.5, 0.6) is 0 Å². The van der Waals surface area contributed by atoms with E-state index in [-0.39, 0.29) is 11.3 Å². The van der Waals surface area contributed by atoms with E-state index in [4.69, 9.17) is 0 Å². The minimum atomic E-state index is -0.0292. The van der Waals surface area contributed by atoms with Gasteiger partial charge in [0.15, 0.2) is 0 Å². The van der Waals surface area contributed by atoms with E-state index in [1.54, 1.807) is 13.1 Å². The van der Waals surface area contributed by atoms with E-state index in [2.05, 4.69) is 50.0 Å². The minimum Gasteiger partial charge on any atom is -0.334 e. The van der Waals surface area contributed by atoms with Crippen molar-refractivity contribution in [3.63, 3.8) is 0 Å². The zero-order valence-electron chi connectivity index (χ0n) is 18.0. The average molecular weight is 377 g/mol. The van der Waals surface area contributed by atoms with Crippen molar-refractivity contribution in [2.45, 2.75) is 53.5 Å². The van der Waals surface area contributed by atoms with Crippen LogP contribution in [0.1, 0.15) is 58.2 Å². The summed E-state index contributed by atoms with van der Waals surface area (Å²) in [6.45, 7) is 13.7. The Kier molecular flexibility index (Phi) is 7.33. The third-order valence-electron chi connectivity index (χ3n) is 4.85. The van der Waals surface area contributed by atoms with Crippen LogP contribution >= 0.6 is 0 Å². The third kappa shape index (κ3) is 5.91. The molecule has 0 saturated carbocycles. The van der Waals surface area contributed by atoms with Crippen molar-refractivity contribution in [3.8, 4) is 0 Å². The number of hydrogen-bond donors (Lipinski definition) is 0. The molecule has 0 aromatic heterocycles. The highest BCUT2D eigenvalue weighted by atomic mass is 16.2.